The van der Waals surface area contributed by atoms with Gasteiger partial charge in [0.2, 0.25) is 5.88 Å². The predicted octanol–water partition coefficient (Wildman–Crippen LogP) is 1.13. The van der Waals surface area contributed by atoms with Crippen molar-refractivity contribution in [3.05, 3.63) is 23.9 Å². The molecule has 16 heavy (non-hydrogen) atoms. The lowest BCUT2D eigenvalue weighted by Crippen LogP contribution is -2.16. The lowest BCUT2D eigenvalue weighted by Gasteiger charge is -2.12. The molecule has 0 aliphatic carbocycles. The molecule has 0 spiro atoms. The van der Waals surface area contributed by atoms with Gasteiger partial charge in [0, 0.05) is 24.8 Å². The Balaban J connectivity index is 2.40. The first kappa shape index (κ1) is 12.9. The Kier molecular flexibility index (Phi) is 5.82. The van der Waals surface area contributed by atoms with E-state index in [0.29, 0.717) is 6.61 Å². The average molecular weight is 223 g/mol. The molecule has 1 heterocycles. The molecule has 90 valence electrons. The molecule has 0 saturated carbocycles. The standard InChI is InChI=1S/C12H21N3O/c1-13-10-11-6-4-7-14-12(11)16-9-5-8-15(2)3/h4,6-7,13H,5,8-10H2,1-3H3. The Bertz CT molecular complexity index is 302. The molecular formula is C12H21N3O. The molecule has 0 aliphatic heterocycles. The van der Waals surface area contributed by atoms with E-state index >= 15 is 0 Å². The van der Waals surface area contributed by atoms with E-state index in [0.717, 1.165) is 31.0 Å². The van der Waals surface area contributed by atoms with E-state index in [2.05, 4.69) is 29.3 Å². The first-order chi connectivity index (χ1) is 7.74. The summed E-state index contributed by atoms with van der Waals surface area (Å²) >= 11 is 0. The zero-order chi connectivity index (χ0) is 11.8. The molecule has 0 unspecified atom stereocenters. The van der Waals surface area contributed by atoms with E-state index in [4.69, 9.17) is 4.74 Å². The summed E-state index contributed by atoms with van der Waals surface area (Å²) < 4.78 is 5.66. The fraction of sp³-hybridized carbons (Fsp3) is 0.583. The van der Waals surface area contributed by atoms with Gasteiger partial charge in [-0.25, -0.2) is 4.98 Å². The van der Waals surface area contributed by atoms with Gasteiger partial charge >= 0.3 is 0 Å². The van der Waals surface area contributed by atoms with Gasteiger partial charge in [-0.05, 0) is 33.6 Å². The second-order valence-electron chi connectivity index (χ2n) is 4.00. The molecule has 0 amide bonds. The number of nitrogens with zero attached hydrogens (tertiary/aromatic N) is 2. The van der Waals surface area contributed by atoms with Crippen molar-refractivity contribution >= 4 is 0 Å². The molecule has 0 atom stereocenters. The normalized spacial score (nSPS) is 10.8. The van der Waals surface area contributed by atoms with Crippen molar-refractivity contribution in [1.29, 1.82) is 0 Å². The van der Waals surface area contributed by atoms with Crippen LogP contribution in [0.3, 0.4) is 0 Å². The third-order valence-corrected chi connectivity index (χ3v) is 2.21. The Hall–Kier alpha value is -1.13. The van der Waals surface area contributed by atoms with Crippen LogP contribution in [-0.2, 0) is 6.54 Å². The van der Waals surface area contributed by atoms with E-state index in [9.17, 15) is 0 Å². The number of hydrogen-bond donors (Lipinski definition) is 1. The van der Waals surface area contributed by atoms with Crippen LogP contribution in [0.25, 0.3) is 0 Å². The lowest BCUT2D eigenvalue weighted by atomic mass is 10.3. The van der Waals surface area contributed by atoms with Crippen LogP contribution in [0.2, 0.25) is 0 Å². The molecule has 1 aromatic heterocycles. The van der Waals surface area contributed by atoms with Crippen LogP contribution >= 0.6 is 0 Å². The molecule has 4 nitrogen and oxygen atoms in total. The summed E-state index contributed by atoms with van der Waals surface area (Å²) in [6, 6.07) is 3.96. The third kappa shape index (κ3) is 4.59. The summed E-state index contributed by atoms with van der Waals surface area (Å²) in [5, 5.41) is 3.10. The summed E-state index contributed by atoms with van der Waals surface area (Å²) in [5.41, 5.74) is 1.11. The van der Waals surface area contributed by atoms with Crippen molar-refractivity contribution in [1.82, 2.24) is 15.2 Å². The Morgan fingerprint density at radius 2 is 2.25 bits per heavy atom. The van der Waals surface area contributed by atoms with Crippen LogP contribution in [0.5, 0.6) is 5.88 Å². The number of hydrogen-bond acceptors (Lipinski definition) is 4. The molecule has 0 fully saturated rings. The monoisotopic (exact) mass is 223 g/mol. The molecule has 1 aromatic rings. The average Bonchev–Trinajstić information content (AvgIpc) is 2.26. The Morgan fingerprint density at radius 3 is 2.94 bits per heavy atom. The van der Waals surface area contributed by atoms with Crippen LogP contribution in [-0.4, -0.2) is 44.2 Å². The maximum atomic E-state index is 5.66. The van der Waals surface area contributed by atoms with E-state index in [1.165, 1.54) is 0 Å². The van der Waals surface area contributed by atoms with Crippen molar-refractivity contribution in [3.8, 4) is 5.88 Å². The molecule has 0 aliphatic rings. The minimum absolute atomic E-state index is 0.714. The largest absolute Gasteiger partial charge is 0.477 e. The second kappa shape index (κ2) is 7.19. The first-order valence-electron chi connectivity index (χ1n) is 5.60. The summed E-state index contributed by atoms with van der Waals surface area (Å²) in [5.74, 6) is 0.746. The summed E-state index contributed by atoms with van der Waals surface area (Å²) in [6.07, 6.45) is 2.78. The fourth-order valence-electron chi connectivity index (χ4n) is 1.43. The molecular weight excluding hydrogens is 202 g/mol. The highest BCUT2D eigenvalue weighted by Gasteiger charge is 2.03. The fourth-order valence-corrected chi connectivity index (χ4v) is 1.43. The third-order valence-electron chi connectivity index (χ3n) is 2.21. The van der Waals surface area contributed by atoms with Crippen LogP contribution in [0.15, 0.2) is 18.3 Å². The van der Waals surface area contributed by atoms with Crippen molar-refractivity contribution < 1.29 is 4.74 Å². The maximum absolute atomic E-state index is 5.66. The Labute approximate surface area is 97.6 Å². The Morgan fingerprint density at radius 1 is 1.44 bits per heavy atom. The highest BCUT2D eigenvalue weighted by molar-refractivity contribution is 5.25. The highest BCUT2D eigenvalue weighted by Crippen LogP contribution is 2.13. The van der Waals surface area contributed by atoms with Gasteiger partial charge in [-0.2, -0.15) is 0 Å². The molecule has 0 saturated heterocycles. The number of nitrogens with one attached hydrogen (secondary N) is 1. The van der Waals surface area contributed by atoms with Gasteiger partial charge in [-0.3, -0.25) is 0 Å². The van der Waals surface area contributed by atoms with Crippen molar-refractivity contribution in [3.63, 3.8) is 0 Å². The smallest absolute Gasteiger partial charge is 0.217 e. The maximum Gasteiger partial charge on any atom is 0.217 e. The number of aromatic nitrogens is 1. The van der Waals surface area contributed by atoms with Crippen LogP contribution in [0, 0.1) is 0 Å². The van der Waals surface area contributed by atoms with E-state index < -0.39 is 0 Å². The van der Waals surface area contributed by atoms with Crippen LogP contribution in [0.1, 0.15) is 12.0 Å². The molecule has 0 aromatic carbocycles. The van der Waals surface area contributed by atoms with Crippen LogP contribution < -0.4 is 10.1 Å². The second-order valence-corrected chi connectivity index (χ2v) is 4.00. The highest BCUT2D eigenvalue weighted by atomic mass is 16.5. The zero-order valence-electron chi connectivity index (χ0n) is 10.4. The first-order valence-corrected chi connectivity index (χ1v) is 5.60. The van der Waals surface area contributed by atoms with Gasteiger partial charge < -0.3 is 15.0 Å². The van der Waals surface area contributed by atoms with Crippen LogP contribution in [0.4, 0.5) is 0 Å². The molecule has 1 N–H and O–H groups in total. The van der Waals surface area contributed by atoms with Crippen molar-refractivity contribution in [2.24, 2.45) is 0 Å². The minimum atomic E-state index is 0.714. The summed E-state index contributed by atoms with van der Waals surface area (Å²) in [6.45, 7) is 2.54. The van der Waals surface area contributed by atoms with Gasteiger partial charge in [0.1, 0.15) is 0 Å². The van der Waals surface area contributed by atoms with Crippen molar-refractivity contribution in [2.45, 2.75) is 13.0 Å². The molecule has 1 rings (SSSR count). The SMILES string of the molecule is CNCc1cccnc1OCCCN(C)C. The van der Waals surface area contributed by atoms with Gasteiger partial charge in [0.05, 0.1) is 6.61 Å². The van der Waals surface area contributed by atoms with E-state index in [1.807, 2.05) is 19.2 Å². The van der Waals surface area contributed by atoms with Gasteiger partial charge in [0.25, 0.3) is 0 Å². The number of pyridine rings is 1. The molecule has 4 heteroatoms. The van der Waals surface area contributed by atoms with E-state index in [1.54, 1.807) is 6.20 Å². The van der Waals surface area contributed by atoms with Gasteiger partial charge in [0.15, 0.2) is 0 Å². The number of rotatable bonds is 7. The molecule has 0 bridgehead atoms. The summed E-state index contributed by atoms with van der Waals surface area (Å²) in [4.78, 5) is 6.39. The predicted molar refractivity (Wildman–Crippen MR) is 65.7 cm³/mol. The minimum Gasteiger partial charge on any atom is -0.477 e. The summed E-state index contributed by atoms with van der Waals surface area (Å²) in [7, 11) is 6.04. The molecule has 0 radical (unpaired) electrons. The zero-order valence-corrected chi connectivity index (χ0v) is 10.4. The quantitative estimate of drug-likeness (QED) is 0.703. The lowest BCUT2D eigenvalue weighted by molar-refractivity contribution is 0.270. The topological polar surface area (TPSA) is 37.4 Å². The van der Waals surface area contributed by atoms with Gasteiger partial charge in [-0.1, -0.05) is 6.07 Å². The van der Waals surface area contributed by atoms with Gasteiger partial charge in [-0.15, -0.1) is 0 Å². The van der Waals surface area contributed by atoms with Crippen molar-refractivity contribution in [2.75, 3.05) is 34.3 Å². The van der Waals surface area contributed by atoms with E-state index in [-0.39, 0.29) is 0 Å². The number of ether oxygens (including phenoxy) is 1.